The molecule has 92 valence electrons. The molecule has 0 aliphatic heterocycles. The number of aromatic nitrogens is 1. The molecule has 0 saturated carbocycles. The summed E-state index contributed by atoms with van der Waals surface area (Å²) in [6.07, 6.45) is 2.26. The average molecular weight is 247 g/mol. The number of hydrogen-bond donors (Lipinski definition) is 0. The summed E-state index contributed by atoms with van der Waals surface area (Å²) in [5.74, 6) is 1.40. The van der Waals surface area contributed by atoms with Gasteiger partial charge in [0.1, 0.15) is 0 Å². The van der Waals surface area contributed by atoms with Gasteiger partial charge in [-0.15, -0.1) is 11.3 Å². The molecule has 2 aromatic rings. The average Bonchev–Trinajstić information content (AvgIpc) is 2.56. The van der Waals surface area contributed by atoms with Gasteiger partial charge in [0, 0.05) is 6.42 Å². The molecule has 0 unspecified atom stereocenters. The van der Waals surface area contributed by atoms with E-state index in [1.165, 1.54) is 15.3 Å². The molecule has 0 bridgehead atoms. The van der Waals surface area contributed by atoms with Gasteiger partial charge in [0.2, 0.25) is 0 Å². The van der Waals surface area contributed by atoms with Gasteiger partial charge in [0.05, 0.1) is 15.2 Å². The molecule has 2 heteroatoms. The van der Waals surface area contributed by atoms with Crippen molar-refractivity contribution in [2.75, 3.05) is 0 Å². The highest BCUT2D eigenvalue weighted by Crippen LogP contribution is 2.25. The number of hydrogen-bond acceptors (Lipinski definition) is 2. The maximum Gasteiger partial charge on any atom is 0.0941 e. The molecule has 0 aliphatic rings. The molecule has 0 saturated heterocycles. The van der Waals surface area contributed by atoms with Crippen molar-refractivity contribution in [1.82, 2.24) is 4.98 Å². The monoisotopic (exact) mass is 247 g/mol. The van der Waals surface area contributed by atoms with Crippen LogP contribution in [0.4, 0.5) is 0 Å². The van der Waals surface area contributed by atoms with Crippen molar-refractivity contribution in [2.24, 2.45) is 11.8 Å². The molecule has 0 spiro atoms. The summed E-state index contributed by atoms with van der Waals surface area (Å²) in [6, 6.07) is 6.71. The predicted molar refractivity (Wildman–Crippen MR) is 76.7 cm³/mol. The molecular formula is C15H21NS. The molecule has 0 amide bonds. The van der Waals surface area contributed by atoms with E-state index in [0.717, 1.165) is 24.3 Å². The minimum Gasteiger partial charge on any atom is -0.241 e. The number of rotatable bonds is 4. The Morgan fingerprint density at radius 3 is 2.41 bits per heavy atom. The number of benzene rings is 1. The Bertz CT molecular complexity index is 489. The predicted octanol–water partition coefficient (Wildman–Crippen LogP) is 4.69. The van der Waals surface area contributed by atoms with Crippen molar-refractivity contribution in [3.8, 4) is 0 Å². The highest BCUT2D eigenvalue weighted by molar-refractivity contribution is 7.18. The SMILES string of the molecule is CC(C)Cc1ccc2nc(CC(C)C)sc2c1. The van der Waals surface area contributed by atoms with Gasteiger partial charge in [-0.05, 0) is 36.0 Å². The lowest BCUT2D eigenvalue weighted by Gasteiger charge is -2.03. The summed E-state index contributed by atoms with van der Waals surface area (Å²) in [5, 5.41) is 1.27. The lowest BCUT2D eigenvalue weighted by atomic mass is 10.0. The lowest BCUT2D eigenvalue weighted by molar-refractivity contribution is 0.645. The minimum absolute atomic E-state index is 0.686. The fourth-order valence-electron chi connectivity index (χ4n) is 2.05. The third-order valence-corrected chi connectivity index (χ3v) is 3.76. The molecule has 0 radical (unpaired) electrons. The number of thiazole rings is 1. The van der Waals surface area contributed by atoms with E-state index in [-0.39, 0.29) is 0 Å². The van der Waals surface area contributed by atoms with E-state index in [9.17, 15) is 0 Å². The van der Waals surface area contributed by atoms with E-state index < -0.39 is 0 Å². The minimum atomic E-state index is 0.686. The first-order chi connectivity index (χ1) is 8.04. The molecule has 1 aromatic carbocycles. The first-order valence-corrected chi connectivity index (χ1v) is 7.24. The molecule has 1 aromatic heterocycles. The maximum atomic E-state index is 4.69. The standard InChI is InChI=1S/C15H21NS/c1-10(2)7-12-5-6-13-14(9-12)17-15(16-13)8-11(3)4/h5-6,9-11H,7-8H2,1-4H3. The molecule has 0 aliphatic carbocycles. The van der Waals surface area contributed by atoms with Crippen LogP contribution in [-0.4, -0.2) is 4.98 Å². The first kappa shape index (κ1) is 12.6. The zero-order chi connectivity index (χ0) is 12.4. The third kappa shape index (κ3) is 3.29. The van der Waals surface area contributed by atoms with Gasteiger partial charge in [-0.2, -0.15) is 0 Å². The molecule has 0 atom stereocenters. The van der Waals surface area contributed by atoms with E-state index in [4.69, 9.17) is 4.98 Å². The quantitative estimate of drug-likeness (QED) is 0.763. The summed E-state index contributed by atoms with van der Waals surface area (Å²) >= 11 is 1.86. The summed E-state index contributed by atoms with van der Waals surface area (Å²) in [6.45, 7) is 9.02. The highest BCUT2D eigenvalue weighted by Gasteiger charge is 2.07. The van der Waals surface area contributed by atoms with Gasteiger partial charge in [0.15, 0.2) is 0 Å². The second-order valence-corrected chi connectivity index (χ2v) is 6.72. The summed E-state index contributed by atoms with van der Waals surface area (Å²) in [7, 11) is 0. The van der Waals surface area contributed by atoms with Gasteiger partial charge >= 0.3 is 0 Å². The summed E-state index contributed by atoms with van der Waals surface area (Å²) in [5.41, 5.74) is 2.60. The van der Waals surface area contributed by atoms with E-state index in [2.05, 4.69) is 45.9 Å². The molecule has 1 heterocycles. The van der Waals surface area contributed by atoms with Crippen LogP contribution in [0.3, 0.4) is 0 Å². The Morgan fingerprint density at radius 2 is 1.76 bits per heavy atom. The third-order valence-electron chi connectivity index (χ3n) is 2.72. The van der Waals surface area contributed by atoms with Crippen molar-refractivity contribution in [1.29, 1.82) is 0 Å². The molecule has 0 N–H and O–H groups in total. The van der Waals surface area contributed by atoms with Gasteiger partial charge in [-0.25, -0.2) is 4.98 Å². The molecule has 17 heavy (non-hydrogen) atoms. The van der Waals surface area contributed by atoms with Crippen LogP contribution in [0.2, 0.25) is 0 Å². The number of fused-ring (bicyclic) bond motifs is 1. The fourth-order valence-corrected chi connectivity index (χ4v) is 3.29. The van der Waals surface area contributed by atoms with Crippen molar-refractivity contribution < 1.29 is 0 Å². The highest BCUT2D eigenvalue weighted by atomic mass is 32.1. The Labute approximate surface area is 108 Å². The number of nitrogens with zero attached hydrogens (tertiary/aromatic N) is 1. The zero-order valence-electron chi connectivity index (χ0n) is 11.2. The van der Waals surface area contributed by atoms with Crippen molar-refractivity contribution >= 4 is 21.6 Å². The second kappa shape index (κ2) is 5.18. The van der Waals surface area contributed by atoms with Crippen molar-refractivity contribution in [3.63, 3.8) is 0 Å². The van der Waals surface area contributed by atoms with Crippen molar-refractivity contribution in [3.05, 3.63) is 28.8 Å². The van der Waals surface area contributed by atoms with Crippen LogP contribution < -0.4 is 0 Å². The molecule has 1 nitrogen and oxygen atoms in total. The van der Waals surface area contributed by atoms with Gasteiger partial charge < -0.3 is 0 Å². The van der Waals surface area contributed by atoms with Gasteiger partial charge in [-0.3, -0.25) is 0 Å². The normalized spacial score (nSPS) is 11.9. The van der Waals surface area contributed by atoms with E-state index in [1.54, 1.807) is 0 Å². The van der Waals surface area contributed by atoms with Crippen LogP contribution in [0.1, 0.15) is 38.3 Å². The van der Waals surface area contributed by atoms with Crippen molar-refractivity contribution in [2.45, 2.75) is 40.5 Å². The zero-order valence-corrected chi connectivity index (χ0v) is 12.0. The Morgan fingerprint density at radius 1 is 1.06 bits per heavy atom. The van der Waals surface area contributed by atoms with Crippen LogP contribution in [0, 0.1) is 11.8 Å². The molecule has 2 rings (SSSR count). The smallest absolute Gasteiger partial charge is 0.0941 e. The van der Waals surface area contributed by atoms with Crippen LogP contribution >= 0.6 is 11.3 Å². The van der Waals surface area contributed by atoms with E-state index in [0.29, 0.717) is 5.92 Å². The summed E-state index contributed by atoms with van der Waals surface area (Å²) in [4.78, 5) is 4.69. The second-order valence-electron chi connectivity index (χ2n) is 5.61. The fraction of sp³-hybridized carbons (Fsp3) is 0.533. The Kier molecular flexibility index (Phi) is 3.82. The Hall–Kier alpha value is -0.890. The van der Waals surface area contributed by atoms with Crippen LogP contribution in [0.5, 0.6) is 0 Å². The maximum absolute atomic E-state index is 4.69. The van der Waals surface area contributed by atoms with Crippen LogP contribution in [0.25, 0.3) is 10.2 Å². The topological polar surface area (TPSA) is 12.9 Å². The Balaban J connectivity index is 2.27. The van der Waals surface area contributed by atoms with Crippen LogP contribution in [0.15, 0.2) is 18.2 Å². The first-order valence-electron chi connectivity index (χ1n) is 6.43. The van der Waals surface area contributed by atoms with E-state index >= 15 is 0 Å². The van der Waals surface area contributed by atoms with E-state index in [1.807, 2.05) is 11.3 Å². The molecule has 0 fully saturated rings. The largest absolute Gasteiger partial charge is 0.241 e. The van der Waals surface area contributed by atoms with Gasteiger partial charge in [0.25, 0.3) is 0 Å². The van der Waals surface area contributed by atoms with Gasteiger partial charge in [-0.1, -0.05) is 33.8 Å². The molecular weight excluding hydrogens is 226 g/mol. The summed E-state index contributed by atoms with van der Waals surface area (Å²) < 4.78 is 1.35. The van der Waals surface area contributed by atoms with Crippen LogP contribution in [-0.2, 0) is 12.8 Å². The lowest BCUT2D eigenvalue weighted by Crippen LogP contribution is -1.93.